The van der Waals surface area contributed by atoms with Gasteiger partial charge in [-0.05, 0) is 82.4 Å². The first kappa shape index (κ1) is 25.9. The summed E-state index contributed by atoms with van der Waals surface area (Å²) in [5.41, 5.74) is 4.59. The average molecular weight is 545 g/mol. The minimum absolute atomic E-state index is 0.167. The van der Waals surface area contributed by atoms with Crippen LogP contribution in [-0.2, 0) is 6.54 Å². The van der Waals surface area contributed by atoms with Crippen LogP contribution in [0.1, 0.15) is 44.8 Å². The van der Waals surface area contributed by atoms with Crippen LogP contribution in [0, 0.1) is 5.82 Å². The molecule has 0 spiro atoms. The number of nitrogens with zero attached hydrogens (tertiary/aromatic N) is 3. The van der Waals surface area contributed by atoms with Gasteiger partial charge < -0.3 is 10.4 Å². The van der Waals surface area contributed by atoms with Crippen molar-refractivity contribution < 1.29 is 19.1 Å². The molecule has 0 unspecified atom stereocenters. The van der Waals surface area contributed by atoms with Crippen molar-refractivity contribution in [3.63, 3.8) is 0 Å². The monoisotopic (exact) mass is 544 g/mol. The maximum Gasteiger partial charge on any atom is 0.335 e. The lowest BCUT2D eigenvalue weighted by atomic mass is 10.00. The molecule has 0 fully saturated rings. The van der Waals surface area contributed by atoms with E-state index in [2.05, 4.69) is 33.8 Å². The van der Waals surface area contributed by atoms with E-state index in [-0.39, 0.29) is 17.3 Å². The van der Waals surface area contributed by atoms with Crippen LogP contribution in [0.4, 0.5) is 4.39 Å². The number of carboxylic acid groups (broad SMARTS) is 1. The van der Waals surface area contributed by atoms with Gasteiger partial charge >= 0.3 is 5.97 Å². The van der Waals surface area contributed by atoms with Crippen LogP contribution in [-0.4, -0.2) is 32.0 Å². The number of carbonyl (C=O) groups excluding carboxylic acids is 1. The van der Waals surface area contributed by atoms with Gasteiger partial charge in [0.25, 0.3) is 5.91 Å². The highest BCUT2D eigenvalue weighted by atomic mass is 19.1. The molecule has 41 heavy (non-hydrogen) atoms. The number of amides is 1. The fourth-order valence-electron chi connectivity index (χ4n) is 5.01. The number of carboxylic acids is 1. The Balaban J connectivity index is 1.40. The molecule has 1 heterocycles. The minimum atomic E-state index is -1.02. The fraction of sp³-hybridized carbons (Fsp3) is 0.0909. The lowest BCUT2D eigenvalue weighted by molar-refractivity contribution is 0.0696. The predicted molar refractivity (Wildman–Crippen MR) is 155 cm³/mol. The van der Waals surface area contributed by atoms with Crippen LogP contribution in [0.2, 0.25) is 0 Å². The van der Waals surface area contributed by atoms with E-state index in [0.717, 1.165) is 21.9 Å². The maximum absolute atomic E-state index is 14.1. The number of fused-ring (bicyclic) bond motifs is 2. The molecule has 1 aromatic heterocycles. The summed E-state index contributed by atoms with van der Waals surface area (Å²) < 4.78 is 15.8. The molecule has 6 aromatic rings. The Morgan fingerprint density at radius 1 is 0.878 bits per heavy atom. The van der Waals surface area contributed by atoms with Crippen LogP contribution >= 0.6 is 0 Å². The third kappa shape index (κ3) is 5.27. The van der Waals surface area contributed by atoms with Gasteiger partial charge in [0, 0.05) is 0 Å². The molecular weight excluding hydrogens is 519 g/mol. The smallest absolute Gasteiger partial charge is 0.335 e. The van der Waals surface area contributed by atoms with Gasteiger partial charge in [-0.2, -0.15) is 0 Å². The van der Waals surface area contributed by atoms with Gasteiger partial charge in [-0.15, -0.1) is 5.10 Å². The maximum atomic E-state index is 14.1. The van der Waals surface area contributed by atoms with Gasteiger partial charge in [0.1, 0.15) is 16.9 Å². The van der Waals surface area contributed by atoms with Crippen molar-refractivity contribution >= 4 is 33.7 Å². The normalized spacial score (nSPS) is 12.0. The minimum Gasteiger partial charge on any atom is -0.478 e. The summed E-state index contributed by atoms with van der Waals surface area (Å²) in [4.78, 5) is 25.0. The summed E-state index contributed by atoms with van der Waals surface area (Å²) in [7, 11) is 0. The van der Waals surface area contributed by atoms with Crippen molar-refractivity contribution in [2.45, 2.75) is 19.5 Å². The van der Waals surface area contributed by atoms with Crippen molar-refractivity contribution in [1.29, 1.82) is 0 Å². The summed E-state index contributed by atoms with van der Waals surface area (Å²) in [6.07, 6.45) is 0. The van der Waals surface area contributed by atoms with Crippen LogP contribution in [0.25, 0.3) is 32.9 Å². The first-order valence-electron chi connectivity index (χ1n) is 13.1. The first-order chi connectivity index (χ1) is 19.9. The molecule has 7 nitrogen and oxygen atoms in total. The van der Waals surface area contributed by atoms with E-state index in [1.807, 2.05) is 31.2 Å². The van der Waals surface area contributed by atoms with Gasteiger partial charge in [0.05, 0.1) is 23.7 Å². The standard InChI is InChI=1S/C33H25FN4O3/c1-20(22-11-13-24(14-12-22)33(40)41)35-32(39)29-17-27(26-7-4-8-28(34)16-26)18-30-31(29)38(37-36-30)19-21-9-10-23-5-2-3-6-25(23)15-21/h2-18,20H,19H2,1H3,(H,35,39)(H,40,41)/t20-/m0/s1. The third-order valence-corrected chi connectivity index (χ3v) is 7.16. The number of halogens is 1. The molecule has 202 valence electrons. The van der Waals surface area contributed by atoms with Crippen LogP contribution in [0.5, 0.6) is 0 Å². The van der Waals surface area contributed by atoms with Gasteiger partial charge in [-0.25, -0.2) is 13.9 Å². The molecule has 0 bridgehead atoms. The molecule has 1 amide bonds. The fourth-order valence-corrected chi connectivity index (χ4v) is 5.01. The van der Waals surface area contributed by atoms with Crippen molar-refractivity contribution in [3.8, 4) is 11.1 Å². The number of hydrogen-bond donors (Lipinski definition) is 2. The second-order valence-corrected chi connectivity index (χ2v) is 9.95. The van der Waals surface area contributed by atoms with Crippen molar-refractivity contribution in [2.24, 2.45) is 0 Å². The zero-order chi connectivity index (χ0) is 28.5. The Hall–Kier alpha value is -5.37. The molecule has 0 aliphatic carbocycles. The zero-order valence-electron chi connectivity index (χ0n) is 22.1. The zero-order valence-corrected chi connectivity index (χ0v) is 22.1. The number of benzene rings is 5. The van der Waals surface area contributed by atoms with E-state index in [1.54, 1.807) is 41.1 Å². The van der Waals surface area contributed by atoms with E-state index in [4.69, 9.17) is 0 Å². The lowest BCUT2D eigenvalue weighted by Gasteiger charge is -2.16. The van der Waals surface area contributed by atoms with Crippen LogP contribution < -0.4 is 5.32 Å². The van der Waals surface area contributed by atoms with Crippen molar-refractivity contribution in [1.82, 2.24) is 20.3 Å². The molecule has 1 atom stereocenters. The molecule has 0 radical (unpaired) electrons. The molecular formula is C33H25FN4O3. The molecule has 2 N–H and O–H groups in total. The lowest BCUT2D eigenvalue weighted by Crippen LogP contribution is -2.27. The summed E-state index contributed by atoms with van der Waals surface area (Å²) >= 11 is 0. The second-order valence-electron chi connectivity index (χ2n) is 9.95. The summed E-state index contributed by atoms with van der Waals surface area (Å²) in [5, 5.41) is 23.2. The predicted octanol–water partition coefficient (Wildman–Crippen LogP) is 6.63. The van der Waals surface area contributed by atoms with Gasteiger partial charge in [0.2, 0.25) is 0 Å². The highest BCUT2D eigenvalue weighted by molar-refractivity contribution is 6.06. The average Bonchev–Trinajstić information content (AvgIpc) is 3.39. The van der Waals surface area contributed by atoms with E-state index >= 15 is 0 Å². The summed E-state index contributed by atoms with van der Waals surface area (Å²) in [5.74, 6) is -1.76. The first-order valence-corrected chi connectivity index (χ1v) is 13.1. The molecule has 0 saturated carbocycles. The van der Waals surface area contributed by atoms with E-state index in [0.29, 0.717) is 34.3 Å². The largest absolute Gasteiger partial charge is 0.478 e. The van der Waals surface area contributed by atoms with Gasteiger partial charge in [0.15, 0.2) is 0 Å². The highest BCUT2D eigenvalue weighted by Crippen LogP contribution is 2.29. The number of nitrogens with one attached hydrogen (secondary N) is 1. The molecule has 0 saturated heterocycles. The Labute approximate surface area is 234 Å². The Kier molecular flexibility index (Phi) is 6.73. The molecule has 5 aromatic carbocycles. The number of rotatable bonds is 7. The van der Waals surface area contributed by atoms with Gasteiger partial charge in [-0.1, -0.05) is 65.9 Å². The van der Waals surface area contributed by atoms with E-state index in [9.17, 15) is 19.1 Å². The highest BCUT2D eigenvalue weighted by Gasteiger charge is 2.21. The topological polar surface area (TPSA) is 97.1 Å². The summed E-state index contributed by atoms with van der Waals surface area (Å²) in [6.45, 7) is 2.22. The molecule has 0 aliphatic heterocycles. The van der Waals surface area contributed by atoms with Gasteiger partial charge in [-0.3, -0.25) is 4.79 Å². The third-order valence-electron chi connectivity index (χ3n) is 7.16. The Morgan fingerprint density at radius 2 is 1.66 bits per heavy atom. The second kappa shape index (κ2) is 10.7. The SMILES string of the molecule is C[C@H](NC(=O)c1cc(-c2cccc(F)c2)cc2nnn(Cc3ccc4ccccc4c3)c12)c1ccc(C(=O)O)cc1. The van der Waals surface area contributed by atoms with Crippen LogP contribution in [0.3, 0.4) is 0 Å². The number of aromatic carboxylic acids is 1. The van der Waals surface area contributed by atoms with E-state index < -0.39 is 12.0 Å². The number of hydrogen-bond acceptors (Lipinski definition) is 4. The quantitative estimate of drug-likeness (QED) is 0.235. The van der Waals surface area contributed by atoms with Crippen molar-refractivity contribution in [3.05, 3.63) is 131 Å². The molecule has 8 heteroatoms. The molecule has 0 aliphatic rings. The summed E-state index contributed by atoms with van der Waals surface area (Å²) in [6, 6.07) is 29.9. The van der Waals surface area contributed by atoms with E-state index in [1.165, 1.54) is 24.3 Å². The molecule has 6 rings (SSSR count). The number of carbonyl (C=O) groups is 2. The van der Waals surface area contributed by atoms with Crippen molar-refractivity contribution in [2.75, 3.05) is 0 Å². The number of aromatic nitrogens is 3. The Bertz CT molecular complexity index is 1930. The Morgan fingerprint density at radius 3 is 2.41 bits per heavy atom. The van der Waals surface area contributed by atoms with Crippen LogP contribution in [0.15, 0.2) is 103 Å².